The minimum Gasteiger partial charge on any atom is -0.481 e. The van der Waals surface area contributed by atoms with Gasteiger partial charge in [-0.2, -0.15) is 0 Å². The molecule has 1 aromatic carbocycles. The van der Waals surface area contributed by atoms with Crippen molar-refractivity contribution in [3.05, 3.63) is 29.3 Å². The van der Waals surface area contributed by atoms with Gasteiger partial charge in [-0.05, 0) is 37.1 Å². The van der Waals surface area contributed by atoms with Gasteiger partial charge < -0.3 is 10.0 Å². The fourth-order valence-electron chi connectivity index (χ4n) is 2.45. The Morgan fingerprint density at radius 3 is 2.70 bits per heavy atom. The number of carboxylic acid groups (broad SMARTS) is 1. The Morgan fingerprint density at radius 1 is 1.30 bits per heavy atom. The number of aliphatic carboxylic acids is 1. The quantitative estimate of drug-likeness (QED) is 0.806. The van der Waals surface area contributed by atoms with Gasteiger partial charge in [0.15, 0.2) is 5.78 Å². The first-order valence-corrected chi connectivity index (χ1v) is 6.71. The number of nitrogens with zero attached hydrogens (tertiary/aromatic N) is 1. The molecular weight excluding hydrogens is 258 g/mol. The summed E-state index contributed by atoms with van der Waals surface area (Å²) in [4.78, 5) is 35.9. The molecule has 0 unspecified atom stereocenters. The molecule has 0 spiro atoms. The first kappa shape index (κ1) is 14.2. The Kier molecular flexibility index (Phi) is 4.17. The van der Waals surface area contributed by atoms with Crippen molar-refractivity contribution in [2.75, 3.05) is 11.4 Å². The average Bonchev–Trinajstić information content (AvgIpc) is 2.72. The van der Waals surface area contributed by atoms with Crippen LogP contribution in [0.4, 0.5) is 5.69 Å². The molecule has 0 radical (unpaired) electrons. The minimum atomic E-state index is -0.893. The maximum atomic E-state index is 12.0. The van der Waals surface area contributed by atoms with Crippen molar-refractivity contribution in [3.8, 4) is 0 Å². The van der Waals surface area contributed by atoms with E-state index in [2.05, 4.69) is 0 Å². The summed E-state index contributed by atoms with van der Waals surface area (Å²) in [6.07, 6.45) is 0.889. The van der Waals surface area contributed by atoms with E-state index >= 15 is 0 Å². The first-order valence-electron chi connectivity index (χ1n) is 6.71. The number of carbonyl (C=O) groups is 3. The molecular formula is C15H17NO4. The van der Waals surface area contributed by atoms with Crippen molar-refractivity contribution in [1.29, 1.82) is 0 Å². The van der Waals surface area contributed by atoms with Crippen LogP contribution in [0.3, 0.4) is 0 Å². The molecule has 0 fully saturated rings. The summed E-state index contributed by atoms with van der Waals surface area (Å²) in [6.45, 7) is 2.54. The van der Waals surface area contributed by atoms with Crippen LogP contribution in [0, 0.1) is 0 Å². The highest BCUT2D eigenvalue weighted by molar-refractivity contribution is 6.03. The van der Waals surface area contributed by atoms with Gasteiger partial charge in [-0.25, -0.2) is 0 Å². The smallest absolute Gasteiger partial charge is 0.303 e. The van der Waals surface area contributed by atoms with Crippen molar-refractivity contribution in [1.82, 2.24) is 0 Å². The molecule has 1 aliphatic rings. The van der Waals surface area contributed by atoms with Crippen molar-refractivity contribution < 1.29 is 19.5 Å². The van der Waals surface area contributed by atoms with Crippen LogP contribution >= 0.6 is 0 Å². The third-order valence-electron chi connectivity index (χ3n) is 3.45. The van der Waals surface area contributed by atoms with Gasteiger partial charge in [0.1, 0.15) is 0 Å². The number of fused-ring (bicyclic) bond motifs is 1. The fourth-order valence-corrected chi connectivity index (χ4v) is 2.45. The summed E-state index contributed by atoms with van der Waals surface area (Å²) in [7, 11) is 0. The Labute approximate surface area is 117 Å². The SMILES string of the molecule is CCN1C(=O)Cc2cc(C(=O)CCCC(=O)O)ccc21. The second-order valence-electron chi connectivity index (χ2n) is 4.83. The molecule has 2 rings (SSSR count). The van der Waals surface area contributed by atoms with Gasteiger partial charge >= 0.3 is 5.97 Å². The Bertz CT molecular complexity index is 565. The third-order valence-corrected chi connectivity index (χ3v) is 3.45. The molecule has 1 aromatic rings. The lowest BCUT2D eigenvalue weighted by Gasteiger charge is -2.14. The molecule has 0 saturated carbocycles. The van der Waals surface area contributed by atoms with Crippen LogP contribution in [0.5, 0.6) is 0 Å². The van der Waals surface area contributed by atoms with Crippen molar-refractivity contribution in [2.24, 2.45) is 0 Å². The molecule has 20 heavy (non-hydrogen) atoms. The maximum Gasteiger partial charge on any atom is 0.303 e. The fraction of sp³-hybridized carbons (Fsp3) is 0.400. The van der Waals surface area contributed by atoms with Gasteiger partial charge in [-0.15, -0.1) is 0 Å². The molecule has 1 heterocycles. The Balaban J connectivity index is 2.09. The first-order chi connectivity index (χ1) is 9.52. The Morgan fingerprint density at radius 2 is 2.05 bits per heavy atom. The van der Waals surface area contributed by atoms with Crippen LogP contribution in [0.15, 0.2) is 18.2 Å². The van der Waals surface area contributed by atoms with E-state index < -0.39 is 5.97 Å². The lowest BCUT2D eigenvalue weighted by atomic mass is 10.0. The largest absolute Gasteiger partial charge is 0.481 e. The number of likely N-dealkylation sites (N-methyl/N-ethyl adjacent to an activating group) is 1. The highest BCUT2D eigenvalue weighted by atomic mass is 16.4. The van der Waals surface area contributed by atoms with Crippen LogP contribution in [-0.4, -0.2) is 29.3 Å². The summed E-state index contributed by atoms with van der Waals surface area (Å²) in [5, 5.41) is 8.55. The van der Waals surface area contributed by atoms with Gasteiger partial charge in [0.2, 0.25) is 5.91 Å². The zero-order chi connectivity index (χ0) is 14.7. The highest BCUT2D eigenvalue weighted by Gasteiger charge is 2.26. The predicted molar refractivity (Wildman–Crippen MR) is 74.0 cm³/mol. The summed E-state index contributed by atoms with van der Waals surface area (Å²) < 4.78 is 0. The van der Waals surface area contributed by atoms with E-state index in [0.717, 1.165) is 11.3 Å². The molecule has 106 valence electrons. The van der Waals surface area contributed by atoms with Gasteiger partial charge in [-0.1, -0.05) is 0 Å². The van der Waals surface area contributed by atoms with Crippen molar-refractivity contribution in [2.45, 2.75) is 32.6 Å². The summed E-state index contributed by atoms with van der Waals surface area (Å²) in [5.41, 5.74) is 2.31. The summed E-state index contributed by atoms with van der Waals surface area (Å²) in [6, 6.07) is 5.27. The predicted octanol–water partition coefficient (Wildman–Crippen LogP) is 2.03. The molecule has 0 aliphatic carbocycles. The van der Waals surface area contributed by atoms with Crippen LogP contribution in [-0.2, 0) is 16.0 Å². The average molecular weight is 275 g/mol. The number of rotatable bonds is 6. The van der Waals surface area contributed by atoms with Crippen molar-refractivity contribution in [3.63, 3.8) is 0 Å². The van der Waals surface area contributed by atoms with Crippen LogP contribution in [0.2, 0.25) is 0 Å². The number of hydrogen-bond acceptors (Lipinski definition) is 3. The lowest BCUT2D eigenvalue weighted by molar-refractivity contribution is -0.137. The number of benzene rings is 1. The molecule has 1 amide bonds. The topological polar surface area (TPSA) is 74.7 Å². The number of carboxylic acids is 1. The molecule has 5 heteroatoms. The monoisotopic (exact) mass is 275 g/mol. The number of hydrogen-bond donors (Lipinski definition) is 1. The molecule has 0 bridgehead atoms. The second kappa shape index (κ2) is 5.86. The molecule has 5 nitrogen and oxygen atoms in total. The standard InChI is InChI=1S/C15H17NO4/c1-2-16-12-7-6-10(8-11(12)9-14(16)18)13(17)4-3-5-15(19)20/h6-8H,2-5,9H2,1H3,(H,19,20). The third kappa shape index (κ3) is 2.87. The zero-order valence-electron chi connectivity index (χ0n) is 11.4. The van der Waals surface area contributed by atoms with E-state index in [0.29, 0.717) is 24.9 Å². The normalized spacial score (nSPS) is 13.4. The van der Waals surface area contributed by atoms with Gasteiger partial charge in [0.05, 0.1) is 6.42 Å². The zero-order valence-corrected chi connectivity index (χ0v) is 11.4. The highest BCUT2D eigenvalue weighted by Crippen LogP contribution is 2.29. The molecule has 1 aliphatic heterocycles. The van der Waals surface area contributed by atoms with E-state index in [1.54, 1.807) is 23.1 Å². The van der Waals surface area contributed by atoms with Crippen molar-refractivity contribution >= 4 is 23.3 Å². The number of amides is 1. The van der Waals surface area contributed by atoms with Crippen LogP contribution in [0.25, 0.3) is 0 Å². The second-order valence-corrected chi connectivity index (χ2v) is 4.83. The Hall–Kier alpha value is -2.17. The maximum absolute atomic E-state index is 12.0. The number of anilines is 1. The minimum absolute atomic E-state index is 0.00121. The number of Topliss-reactive ketones (excluding diaryl/α,β-unsaturated/α-hetero) is 1. The van der Waals surface area contributed by atoms with E-state index in [9.17, 15) is 14.4 Å². The van der Waals surface area contributed by atoms with Gasteiger partial charge in [0, 0.05) is 30.6 Å². The number of carbonyl (C=O) groups excluding carboxylic acids is 2. The van der Waals surface area contributed by atoms with E-state index in [-0.39, 0.29) is 24.5 Å². The van der Waals surface area contributed by atoms with Gasteiger partial charge in [0.25, 0.3) is 0 Å². The van der Waals surface area contributed by atoms with Crippen LogP contribution in [0.1, 0.15) is 42.1 Å². The number of ketones is 1. The molecule has 0 saturated heterocycles. The molecule has 0 atom stereocenters. The lowest BCUT2D eigenvalue weighted by Crippen LogP contribution is -2.25. The molecule has 1 N–H and O–H groups in total. The van der Waals surface area contributed by atoms with E-state index in [1.807, 2.05) is 6.92 Å². The van der Waals surface area contributed by atoms with E-state index in [1.165, 1.54) is 0 Å². The van der Waals surface area contributed by atoms with Crippen LogP contribution < -0.4 is 4.90 Å². The molecule has 0 aromatic heterocycles. The van der Waals surface area contributed by atoms with E-state index in [4.69, 9.17) is 5.11 Å². The summed E-state index contributed by atoms with van der Waals surface area (Å²) >= 11 is 0. The summed E-state index contributed by atoms with van der Waals surface area (Å²) in [5.74, 6) is -0.912. The van der Waals surface area contributed by atoms with Gasteiger partial charge in [-0.3, -0.25) is 14.4 Å².